The van der Waals surface area contributed by atoms with E-state index in [0.717, 1.165) is 6.42 Å². The highest BCUT2D eigenvalue weighted by atomic mass is 16.2. The Morgan fingerprint density at radius 2 is 1.41 bits per heavy atom. The molecule has 0 fully saturated rings. The maximum Gasteiger partial charge on any atom is 0.238 e. The van der Waals surface area contributed by atoms with E-state index in [1.165, 1.54) is 12.5 Å². The van der Waals surface area contributed by atoms with Crippen LogP contribution < -0.4 is 16.0 Å². The van der Waals surface area contributed by atoms with Crippen molar-refractivity contribution in [2.24, 2.45) is 0 Å². The van der Waals surface area contributed by atoms with E-state index in [9.17, 15) is 14.4 Å². The second-order valence-corrected chi connectivity index (χ2v) is 6.70. The van der Waals surface area contributed by atoms with Crippen LogP contribution in [0.15, 0.2) is 54.6 Å². The van der Waals surface area contributed by atoms with Crippen LogP contribution in [0.5, 0.6) is 0 Å². The molecule has 3 amide bonds. The van der Waals surface area contributed by atoms with Gasteiger partial charge in [0.2, 0.25) is 17.7 Å². The molecule has 0 atom stereocenters. The van der Waals surface area contributed by atoms with Crippen LogP contribution in [0.3, 0.4) is 0 Å². The summed E-state index contributed by atoms with van der Waals surface area (Å²) in [5, 5.41) is 8.37. The average Bonchev–Trinajstić information content (AvgIpc) is 2.69. The summed E-state index contributed by atoms with van der Waals surface area (Å²) < 4.78 is 0. The molecular weight excluding hydrogens is 368 g/mol. The summed E-state index contributed by atoms with van der Waals surface area (Å²) in [6.45, 7) is 4.78. The number of hydrogen-bond acceptors (Lipinski definition) is 4. The van der Waals surface area contributed by atoms with Crippen LogP contribution in [-0.2, 0) is 20.8 Å². The minimum atomic E-state index is -0.198. The second-order valence-electron chi connectivity index (χ2n) is 6.70. The lowest BCUT2D eigenvalue weighted by atomic mass is 10.1. The number of hydrogen-bond donors (Lipinski definition) is 3. The van der Waals surface area contributed by atoms with Crippen molar-refractivity contribution in [2.75, 3.05) is 36.8 Å². The number of anilines is 2. The molecular formula is C22H28N4O3. The molecule has 154 valence electrons. The monoisotopic (exact) mass is 396 g/mol. The van der Waals surface area contributed by atoms with E-state index < -0.39 is 0 Å². The highest BCUT2D eigenvalue weighted by Gasteiger charge is 2.13. The van der Waals surface area contributed by atoms with Crippen molar-refractivity contribution in [3.63, 3.8) is 0 Å². The fraction of sp³-hybridized carbons (Fsp3) is 0.318. The first kappa shape index (κ1) is 22.1. The third kappa shape index (κ3) is 8.57. The first-order chi connectivity index (χ1) is 14.0. The number of rotatable bonds is 10. The van der Waals surface area contributed by atoms with Crippen LogP contribution in [0.1, 0.15) is 19.4 Å². The number of nitrogens with one attached hydrogen (secondary N) is 3. The predicted molar refractivity (Wildman–Crippen MR) is 115 cm³/mol. The van der Waals surface area contributed by atoms with Crippen molar-refractivity contribution in [1.29, 1.82) is 0 Å². The maximum absolute atomic E-state index is 12.3. The van der Waals surface area contributed by atoms with Crippen LogP contribution >= 0.6 is 0 Å². The van der Waals surface area contributed by atoms with Gasteiger partial charge in [0.15, 0.2) is 0 Å². The fourth-order valence-electron chi connectivity index (χ4n) is 2.77. The lowest BCUT2D eigenvalue weighted by molar-refractivity contribution is -0.123. The van der Waals surface area contributed by atoms with Crippen molar-refractivity contribution in [2.45, 2.75) is 20.3 Å². The first-order valence-electron chi connectivity index (χ1n) is 9.66. The second kappa shape index (κ2) is 11.6. The zero-order valence-corrected chi connectivity index (χ0v) is 16.9. The molecule has 7 heteroatoms. The summed E-state index contributed by atoms with van der Waals surface area (Å²) in [5.41, 5.74) is 2.47. The van der Waals surface area contributed by atoms with E-state index in [4.69, 9.17) is 0 Å². The van der Waals surface area contributed by atoms with Crippen LogP contribution in [0.25, 0.3) is 0 Å². The Balaban J connectivity index is 1.74. The van der Waals surface area contributed by atoms with E-state index in [-0.39, 0.29) is 30.8 Å². The smallest absolute Gasteiger partial charge is 0.238 e. The topological polar surface area (TPSA) is 90.5 Å². The molecule has 0 unspecified atom stereocenters. The van der Waals surface area contributed by atoms with Gasteiger partial charge in [-0.15, -0.1) is 0 Å². The van der Waals surface area contributed by atoms with Crippen molar-refractivity contribution >= 4 is 29.1 Å². The Morgan fingerprint density at radius 3 is 2.00 bits per heavy atom. The minimum absolute atomic E-state index is 0.102. The zero-order valence-electron chi connectivity index (χ0n) is 16.9. The van der Waals surface area contributed by atoms with Gasteiger partial charge in [-0.2, -0.15) is 0 Å². The minimum Gasteiger partial charge on any atom is -0.355 e. The van der Waals surface area contributed by atoms with Gasteiger partial charge in [-0.1, -0.05) is 37.3 Å². The molecule has 2 rings (SSSR count). The van der Waals surface area contributed by atoms with Gasteiger partial charge < -0.3 is 16.0 Å². The largest absolute Gasteiger partial charge is 0.355 e. The van der Waals surface area contributed by atoms with Crippen molar-refractivity contribution in [1.82, 2.24) is 10.2 Å². The molecule has 7 nitrogen and oxygen atoms in total. The lowest BCUT2D eigenvalue weighted by Crippen LogP contribution is -2.41. The normalized spacial score (nSPS) is 10.4. The molecule has 0 bridgehead atoms. The molecule has 0 aromatic heterocycles. The molecule has 0 heterocycles. The van der Waals surface area contributed by atoms with Crippen LogP contribution in [0, 0.1) is 0 Å². The molecule has 2 aromatic rings. The molecule has 0 aliphatic rings. The Labute approximate surface area is 171 Å². The van der Waals surface area contributed by atoms with E-state index >= 15 is 0 Å². The summed E-state index contributed by atoms with van der Waals surface area (Å²) in [4.78, 5) is 37.2. The van der Waals surface area contributed by atoms with Gasteiger partial charge in [0.05, 0.1) is 13.1 Å². The molecule has 0 aliphatic carbocycles. The number of likely N-dealkylation sites (N-methyl/N-ethyl adjacent to an activating group) is 1. The molecule has 0 saturated carbocycles. The maximum atomic E-state index is 12.3. The number of carbonyl (C=O) groups excluding carboxylic acids is 3. The van der Waals surface area contributed by atoms with Gasteiger partial charge in [-0.3, -0.25) is 19.3 Å². The zero-order chi connectivity index (χ0) is 21.1. The van der Waals surface area contributed by atoms with Gasteiger partial charge in [0.25, 0.3) is 0 Å². The number of amides is 3. The Morgan fingerprint density at radius 1 is 0.828 bits per heavy atom. The first-order valence-corrected chi connectivity index (χ1v) is 9.66. The molecule has 0 aliphatic heterocycles. The summed E-state index contributed by atoms with van der Waals surface area (Å²) in [6.07, 6.45) is 0.771. The average molecular weight is 396 g/mol. The van der Waals surface area contributed by atoms with Crippen molar-refractivity contribution in [3.8, 4) is 0 Å². The van der Waals surface area contributed by atoms with Gasteiger partial charge >= 0.3 is 0 Å². The summed E-state index contributed by atoms with van der Waals surface area (Å²) in [6, 6.07) is 16.8. The summed E-state index contributed by atoms with van der Waals surface area (Å²) >= 11 is 0. The Hall–Kier alpha value is -3.19. The predicted octanol–water partition coefficient (Wildman–Crippen LogP) is 2.26. The number of nitrogens with zero attached hydrogens (tertiary/aromatic N) is 1. The van der Waals surface area contributed by atoms with Crippen LogP contribution in [-0.4, -0.2) is 48.8 Å². The Bertz CT molecular complexity index is 807. The number of carbonyl (C=O) groups is 3. The Kier molecular flexibility index (Phi) is 8.85. The van der Waals surface area contributed by atoms with Gasteiger partial charge in [0, 0.05) is 24.8 Å². The van der Waals surface area contributed by atoms with Crippen LogP contribution in [0.2, 0.25) is 0 Å². The van der Waals surface area contributed by atoms with E-state index in [1.807, 2.05) is 37.3 Å². The molecule has 2 aromatic carbocycles. The third-order valence-electron chi connectivity index (χ3n) is 4.25. The van der Waals surface area contributed by atoms with Gasteiger partial charge in [-0.05, 0) is 42.8 Å². The standard InChI is InChI=1S/C22H28N4O3/c1-3-26(15-21(28)23-14-13-18-7-5-4-6-8-18)16-22(29)25-20-11-9-19(10-12-20)24-17(2)27/h4-12H,3,13-16H2,1-2H3,(H,23,28)(H,24,27)(H,25,29). The number of benzene rings is 2. The third-order valence-corrected chi connectivity index (χ3v) is 4.25. The lowest BCUT2D eigenvalue weighted by Gasteiger charge is -2.19. The van der Waals surface area contributed by atoms with Crippen molar-refractivity contribution < 1.29 is 14.4 Å². The van der Waals surface area contributed by atoms with E-state index in [0.29, 0.717) is 24.5 Å². The molecule has 0 saturated heterocycles. The SMILES string of the molecule is CCN(CC(=O)NCCc1ccccc1)CC(=O)Nc1ccc(NC(C)=O)cc1. The highest BCUT2D eigenvalue weighted by molar-refractivity contribution is 5.93. The van der Waals surface area contributed by atoms with E-state index in [2.05, 4.69) is 16.0 Å². The fourth-order valence-corrected chi connectivity index (χ4v) is 2.77. The highest BCUT2D eigenvalue weighted by Crippen LogP contribution is 2.13. The summed E-state index contributed by atoms with van der Waals surface area (Å²) in [5.74, 6) is -0.450. The molecule has 3 N–H and O–H groups in total. The van der Waals surface area contributed by atoms with E-state index in [1.54, 1.807) is 29.2 Å². The summed E-state index contributed by atoms with van der Waals surface area (Å²) in [7, 11) is 0. The quantitative estimate of drug-likeness (QED) is 0.575. The van der Waals surface area contributed by atoms with Crippen molar-refractivity contribution in [3.05, 3.63) is 60.2 Å². The van der Waals surface area contributed by atoms with Gasteiger partial charge in [0.1, 0.15) is 0 Å². The molecule has 0 radical (unpaired) electrons. The van der Waals surface area contributed by atoms with Gasteiger partial charge in [-0.25, -0.2) is 0 Å². The molecule has 0 spiro atoms. The van der Waals surface area contributed by atoms with Crippen LogP contribution in [0.4, 0.5) is 11.4 Å². The molecule has 29 heavy (non-hydrogen) atoms.